The van der Waals surface area contributed by atoms with E-state index in [1.807, 2.05) is 13.8 Å². The molecule has 0 spiro atoms. The van der Waals surface area contributed by atoms with E-state index < -0.39 is 11.6 Å². The van der Waals surface area contributed by atoms with Gasteiger partial charge in [-0.1, -0.05) is 6.07 Å². The van der Waals surface area contributed by atoms with E-state index in [9.17, 15) is 13.6 Å². The highest BCUT2D eigenvalue weighted by Gasteiger charge is 2.12. The molecule has 5 heteroatoms. The maximum atomic E-state index is 13.5. The van der Waals surface area contributed by atoms with Crippen molar-refractivity contribution < 1.29 is 13.6 Å². The summed E-state index contributed by atoms with van der Waals surface area (Å²) in [5, 5.41) is 5.09. The van der Waals surface area contributed by atoms with Crippen molar-refractivity contribution in [1.82, 2.24) is 5.32 Å². The summed E-state index contributed by atoms with van der Waals surface area (Å²) in [6.45, 7) is 5.00. The van der Waals surface area contributed by atoms with Gasteiger partial charge in [0.05, 0.1) is 6.54 Å². The van der Waals surface area contributed by atoms with Crippen LogP contribution in [0.15, 0.2) is 12.1 Å². The van der Waals surface area contributed by atoms with E-state index in [1.54, 1.807) is 0 Å². The van der Waals surface area contributed by atoms with Crippen LogP contribution in [-0.4, -0.2) is 18.5 Å². The summed E-state index contributed by atoms with van der Waals surface area (Å²) in [5.41, 5.74) is 0.0714. The van der Waals surface area contributed by atoms with Crippen LogP contribution in [0.3, 0.4) is 0 Å². The third-order valence-electron chi connectivity index (χ3n) is 2.16. The lowest BCUT2D eigenvalue weighted by molar-refractivity contribution is -0.119. The Morgan fingerprint density at radius 2 is 2.00 bits per heavy atom. The zero-order valence-corrected chi connectivity index (χ0v) is 10.1. The molecule has 0 aliphatic heterocycles. The summed E-state index contributed by atoms with van der Waals surface area (Å²) < 4.78 is 26.9. The van der Waals surface area contributed by atoms with Gasteiger partial charge in [0.1, 0.15) is 11.5 Å². The maximum absolute atomic E-state index is 13.5. The Morgan fingerprint density at radius 3 is 2.59 bits per heavy atom. The summed E-state index contributed by atoms with van der Waals surface area (Å²) in [6, 6.07) is 2.52. The minimum absolute atomic E-state index is 0.00324. The molecule has 0 fully saturated rings. The lowest BCUT2D eigenvalue weighted by atomic mass is 10.2. The van der Waals surface area contributed by atoms with Crippen LogP contribution in [-0.2, 0) is 4.79 Å². The SMILES string of the molecule is Cc1ccc(F)c(NCC(=O)NC(C)C)c1F. The Morgan fingerprint density at radius 1 is 1.35 bits per heavy atom. The number of carbonyl (C=O) groups excluding carboxylic acids is 1. The Hall–Kier alpha value is -1.65. The molecular formula is C12H16F2N2O. The number of hydrogen-bond acceptors (Lipinski definition) is 2. The molecule has 3 nitrogen and oxygen atoms in total. The minimum atomic E-state index is -0.703. The molecule has 0 bridgehead atoms. The van der Waals surface area contributed by atoms with Crippen molar-refractivity contribution in [1.29, 1.82) is 0 Å². The number of nitrogens with one attached hydrogen (secondary N) is 2. The van der Waals surface area contributed by atoms with Gasteiger partial charge in [0.2, 0.25) is 5.91 Å². The van der Waals surface area contributed by atoms with E-state index in [2.05, 4.69) is 10.6 Å². The first-order valence-corrected chi connectivity index (χ1v) is 5.39. The first kappa shape index (κ1) is 13.4. The normalized spacial score (nSPS) is 10.5. The van der Waals surface area contributed by atoms with Crippen LogP contribution in [0.2, 0.25) is 0 Å². The van der Waals surface area contributed by atoms with Gasteiger partial charge >= 0.3 is 0 Å². The van der Waals surface area contributed by atoms with Crippen LogP contribution in [0.1, 0.15) is 19.4 Å². The first-order valence-electron chi connectivity index (χ1n) is 5.39. The molecule has 0 atom stereocenters. The molecule has 0 radical (unpaired) electrons. The highest BCUT2D eigenvalue weighted by Crippen LogP contribution is 2.21. The number of benzene rings is 1. The highest BCUT2D eigenvalue weighted by atomic mass is 19.1. The predicted octanol–water partition coefficient (Wildman–Crippen LogP) is 2.21. The zero-order chi connectivity index (χ0) is 13.0. The van der Waals surface area contributed by atoms with Crippen molar-refractivity contribution in [3.63, 3.8) is 0 Å². The lowest BCUT2D eigenvalue weighted by Crippen LogP contribution is -2.35. The first-order chi connectivity index (χ1) is 7.91. The third-order valence-corrected chi connectivity index (χ3v) is 2.16. The van der Waals surface area contributed by atoms with E-state index >= 15 is 0 Å². The van der Waals surface area contributed by atoms with Crippen molar-refractivity contribution in [3.05, 3.63) is 29.3 Å². The van der Waals surface area contributed by atoms with Gasteiger partial charge in [-0.2, -0.15) is 0 Å². The number of carbonyl (C=O) groups is 1. The molecule has 0 unspecified atom stereocenters. The molecular weight excluding hydrogens is 226 g/mol. The third kappa shape index (κ3) is 3.69. The summed E-state index contributed by atoms with van der Waals surface area (Å²) in [5.74, 6) is -1.67. The smallest absolute Gasteiger partial charge is 0.239 e. The molecule has 0 aliphatic rings. The summed E-state index contributed by atoms with van der Waals surface area (Å²) in [7, 11) is 0. The van der Waals surface area contributed by atoms with Crippen molar-refractivity contribution >= 4 is 11.6 Å². The lowest BCUT2D eigenvalue weighted by Gasteiger charge is -2.12. The molecule has 1 amide bonds. The number of rotatable bonds is 4. The summed E-state index contributed by atoms with van der Waals surface area (Å²) >= 11 is 0. The molecule has 0 saturated heterocycles. The molecule has 1 aromatic carbocycles. The van der Waals surface area contributed by atoms with Crippen LogP contribution in [0.5, 0.6) is 0 Å². The predicted molar refractivity (Wildman–Crippen MR) is 62.9 cm³/mol. The maximum Gasteiger partial charge on any atom is 0.239 e. The van der Waals surface area contributed by atoms with Crippen molar-refractivity contribution in [2.45, 2.75) is 26.8 Å². The van der Waals surface area contributed by atoms with E-state index in [0.717, 1.165) is 0 Å². The number of halogens is 2. The van der Waals surface area contributed by atoms with Gasteiger partial charge in [-0.25, -0.2) is 8.78 Å². The number of anilines is 1. The number of amides is 1. The molecule has 2 N–H and O–H groups in total. The fourth-order valence-electron chi connectivity index (χ4n) is 1.36. The monoisotopic (exact) mass is 242 g/mol. The topological polar surface area (TPSA) is 41.1 Å². The van der Waals surface area contributed by atoms with Crippen LogP contribution >= 0.6 is 0 Å². The van der Waals surface area contributed by atoms with Crippen LogP contribution in [0.4, 0.5) is 14.5 Å². The quantitative estimate of drug-likeness (QED) is 0.850. The summed E-state index contributed by atoms with van der Waals surface area (Å²) in [4.78, 5) is 11.3. The van der Waals surface area contributed by atoms with E-state index in [-0.39, 0.29) is 24.2 Å². The second-order valence-electron chi connectivity index (χ2n) is 4.13. The molecule has 0 aromatic heterocycles. The van der Waals surface area contributed by atoms with Gasteiger partial charge < -0.3 is 10.6 Å². The zero-order valence-electron chi connectivity index (χ0n) is 10.1. The number of aryl methyl sites for hydroxylation is 1. The average molecular weight is 242 g/mol. The summed E-state index contributed by atoms with van der Waals surface area (Å²) in [6.07, 6.45) is 0. The van der Waals surface area contributed by atoms with Crippen molar-refractivity contribution in [2.75, 3.05) is 11.9 Å². The fraction of sp³-hybridized carbons (Fsp3) is 0.417. The van der Waals surface area contributed by atoms with Crippen molar-refractivity contribution in [2.24, 2.45) is 0 Å². The van der Waals surface area contributed by atoms with E-state index in [4.69, 9.17) is 0 Å². The Bertz CT molecular complexity index is 419. The van der Waals surface area contributed by atoms with Gasteiger partial charge in [-0.05, 0) is 32.4 Å². The van der Waals surface area contributed by atoms with Crippen LogP contribution < -0.4 is 10.6 Å². The fourth-order valence-corrected chi connectivity index (χ4v) is 1.36. The molecule has 0 heterocycles. The molecule has 1 aromatic rings. The highest BCUT2D eigenvalue weighted by molar-refractivity contribution is 5.81. The van der Waals surface area contributed by atoms with Gasteiger partial charge in [0.15, 0.2) is 5.82 Å². The van der Waals surface area contributed by atoms with Gasteiger partial charge in [0.25, 0.3) is 0 Å². The van der Waals surface area contributed by atoms with Crippen LogP contribution in [0, 0.1) is 18.6 Å². The number of hydrogen-bond donors (Lipinski definition) is 2. The molecule has 17 heavy (non-hydrogen) atoms. The van der Waals surface area contributed by atoms with Crippen molar-refractivity contribution in [3.8, 4) is 0 Å². The van der Waals surface area contributed by atoms with Gasteiger partial charge in [0, 0.05) is 6.04 Å². The van der Waals surface area contributed by atoms with Crippen LogP contribution in [0.25, 0.3) is 0 Å². The van der Waals surface area contributed by atoms with E-state index in [1.165, 1.54) is 19.1 Å². The Kier molecular flexibility index (Phi) is 4.43. The van der Waals surface area contributed by atoms with E-state index in [0.29, 0.717) is 5.56 Å². The van der Waals surface area contributed by atoms with Gasteiger partial charge in [-0.15, -0.1) is 0 Å². The van der Waals surface area contributed by atoms with Gasteiger partial charge in [-0.3, -0.25) is 4.79 Å². The Balaban J connectivity index is 2.69. The second-order valence-corrected chi connectivity index (χ2v) is 4.13. The second kappa shape index (κ2) is 5.61. The Labute approximate surface area is 99.2 Å². The molecule has 1 rings (SSSR count). The largest absolute Gasteiger partial charge is 0.371 e. The molecule has 94 valence electrons. The average Bonchev–Trinajstić information content (AvgIpc) is 2.23. The standard InChI is InChI=1S/C12H16F2N2O/c1-7(2)16-10(17)6-15-12-9(13)5-4-8(3)11(12)14/h4-5,7,15H,6H2,1-3H3,(H,16,17). The molecule has 0 aliphatic carbocycles. The molecule has 0 saturated carbocycles. The minimum Gasteiger partial charge on any atom is -0.371 e.